The van der Waals surface area contributed by atoms with Crippen LogP contribution in [0.25, 0.3) is 11.4 Å². The number of nitrogens with two attached hydrogens (primary N) is 1. The van der Waals surface area contributed by atoms with E-state index in [1.165, 1.54) is 0 Å². The lowest BCUT2D eigenvalue weighted by Crippen LogP contribution is -2.13. The van der Waals surface area contributed by atoms with Gasteiger partial charge in [0.05, 0.1) is 6.54 Å². The highest BCUT2D eigenvalue weighted by atomic mass is 35.5. The third kappa shape index (κ3) is 2.71. The monoisotopic (exact) mass is 264 g/mol. The predicted octanol–water partition coefficient (Wildman–Crippen LogP) is 2.71. The molecule has 1 aromatic heterocycles. The number of benzene rings is 1. The number of hydrogen-bond donors (Lipinski definition) is 1. The van der Waals surface area contributed by atoms with Crippen molar-refractivity contribution >= 4 is 11.6 Å². The summed E-state index contributed by atoms with van der Waals surface area (Å²) in [6.07, 6.45) is 0. The molecule has 4 nitrogen and oxygen atoms in total. The second-order valence-electron chi connectivity index (χ2n) is 4.66. The fourth-order valence-corrected chi connectivity index (χ4v) is 2.07. The summed E-state index contributed by atoms with van der Waals surface area (Å²) < 4.78 is 2.07. The van der Waals surface area contributed by atoms with E-state index in [9.17, 15) is 0 Å². The van der Waals surface area contributed by atoms with Crippen LogP contribution < -0.4 is 5.73 Å². The van der Waals surface area contributed by atoms with E-state index in [4.69, 9.17) is 17.3 Å². The van der Waals surface area contributed by atoms with Gasteiger partial charge in [-0.15, -0.1) is 10.2 Å². The van der Waals surface area contributed by atoms with Crippen molar-refractivity contribution in [3.63, 3.8) is 0 Å². The van der Waals surface area contributed by atoms with E-state index < -0.39 is 0 Å². The zero-order valence-corrected chi connectivity index (χ0v) is 11.4. The Labute approximate surface area is 112 Å². The van der Waals surface area contributed by atoms with Crippen LogP contribution in [0.5, 0.6) is 0 Å². The normalized spacial score (nSPS) is 11.2. The van der Waals surface area contributed by atoms with Crippen LogP contribution in [0, 0.1) is 5.92 Å². The summed E-state index contributed by atoms with van der Waals surface area (Å²) >= 11 is 6.01. The van der Waals surface area contributed by atoms with Gasteiger partial charge in [0, 0.05) is 17.1 Å². The summed E-state index contributed by atoms with van der Waals surface area (Å²) in [6.45, 7) is 5.55. The minimum atomic E-state index is 0.389. The topological polar surface area (TPSA) is 56.7 Å². The molecule has 0 unspecified atom stereocenters. The van der Waals surface area contributed by atoms with E-state index in [1.807, 2.05) is 24.3 Å². The standard InChI is InChI=1S/C13H17ClN4/c1-9(2)8-18-12(7-15)16-17-13(18)10-4-3-5-11(14)6-10/h3-6,9H,7-8,15H2,1-2H3. The van der Waals surface area contributed by atoms with E-state index in [0.29, 0.717) is 17.5 Å². The Morgan fingerprint density at radius 2 is 2.11 bits per heavy atom. The molecule has 0 amide bonds. The van der Waals surface area contributed by atoms with Gasteiger partial charge in [-0.2, -0.15) is 0 Å². The zero-order valence-electron chi connectivity index (χ0n) is 10.6. The SMILES string of the molecule is CC(C)Cn1c(CN)nnc1-c1cccc(Cl)c1. The molecule has 2 aromatic rings. The smallest absolute Gasteiger partial charge is 0.164 e. The van der Waals surface area contributed by atoms with Crippen LogP contribution in [0.15, 0.2) is 24.3 Å². The Morgan fingerprint density at radius 1 is 1.33 bits per heavy atom. The largest absolute Gasteiger partial charge is 0.324 e. The summed E-state index contributed by atoms with van der Waals surface area (Å²) in [6, 6.07) is 7.63. The molecule has 0 atom stereocenters. The Morgan fingerprint density at radius 3 is 2.72 bits per heavy atom. The number of rotatable bonds is 4. The molecule has 18 heavy (non-hydrogen) atoms. The highest BCUT2D eigenvalue weighted by Gasteiger charge is 2.13. The van der Waals surface area contributed by atoms with Crippen molar-refractivity contribution in [1.29, 1.82) is 0 Å². The Bertz CT molecular complexity index is 534. The van der Waals surface area contributed by atoms with Crippen LogP contribution >= 0.6 is 11.6 Å². The van der Waals surface area contributed by atoms with Crippen LogP contribution in [0.2, 0.25) is 5.02 Å². The first-order chi connectivity index (χ1) is 8.61. The first-order valence-electron chi connectivity index (χ1n) is 6.00. The average Bonchev–Trinajstić information content (AvgIpc) is 2.71. The van der Waals surface area contributed by atoms with E-state index in [-0.39, 0.29) is 0 Å². The van der Waals surface area contributed by atoms with Gasteiger partial charge in [-0.1, -0.05) is 37.6 Å². The molecule has 0 aliphatic heterocycles. The predicted molar refractivity (Wildman–Crippen MR) is 73.2 cm³/mol. The van der Waals surface area contributed by atoms with Crippen molar-refractivity contribution in [2.75, 3.05) is 0 Å². The lowest BCUT2D eigenvalue weighted by Gasteiger charge is -2.12. The van der Waals surface area contributed by atoms with Crippen molar-refractivity contribution in [3.8, 4) is 11.4 Å². The van der Waals surface area contributed by atoms with Gasteiger partial charge in [-0.3, -0.25) is 0 Å². The number of aromatic nitrogens is 3. The summed E-state index contributed by atoms with van der Waals surface area (Å²) in [7, 11) is 0. The maximum absolute atomic E-state index is 6.01. The van der Waals surface area contributed by atoms with E-state index in [0.717, 1.165) is 23.8 Å². The van der Waals surface area contributed by atoms with Gasteiger partial charge in [-0.25, -0.2) is 0 Å². The van der Waals surface area contributed by atoms with Crippen LogP contribution in [-0.2, 0) is 13.1 Å². The molecule has 0 saturated carbocycles. The molecule has 96 valence electrons. The maximum Gasteiger partial charge on any atom is 0.164 e. The second kappa shape index (κ2) is 5.50. The molecule has 0 saturated heterocycles. The molecule has 2 rings (SSSR count). The van der Waals surface area contributed by atoms with Gasteiger partial charge in [0.1, 0.15) is 5.82 Å². The van der Waals surface area contributed by atoms with Crippen LogP contribution in [-0.4, -0.2) is 14.8 Å². The number of hydrogen-bond acceptors (Lipinski definition) is 3. The molecule has 0 bridgehead atoms. The molecule has 0 aliphatic rings. The first kappa shape index (κ1) is 13.1. The molecule has 0 radical (unpaired) electrons. The van der Waals surface area contributed by atoms with Crippen molar-refractivity contribution in [1.82, 2.24) is 14.8 Å². The summed E-state index contributed by atoms with van der Waals surface area (Å²) in [5.74, 6) is 2.13. The van der Waals surface area contributed by atoms with Crippen molar-refractivity contribution in [3.05, 3.63) is 35.1 Å². The first-order valence-corrected chi connectivity index (χ1v) is 6.37. The van der Waals surface area contributed by atoms with Crippen LogP contribution in [0.1, 0.15) is 19.7 Å². The Balaban J connectivity index is 2.47. The van der Waals surface area contributed by atoms with Crippen molar-refractivity contribution in [2.45, 2.75) is 26.9 Å². The quantitative estimate of drug-likeness (QED) is 0.924. The zero-order chi connectivity index (χ0) is 13.1. The van der Waals surface area contributed by atoms with E-state index in [2.05, 4.69) is 28.6 Å². The van der Waals surface area contributed by atoms with Gasteiger partial charge >= 0.3 is 0 Å². The number of halogens is 1. The minimum absolute atomic E-state index is 0.389. The van der Waals surface area contributed by atoms with Crippen molar-refractivity contribution < 1.29 is 0 Å². The molecular formula is C13H17ClN4. The summed E-state index contributed by atoms with van der Waals surface area (Å²) in [5.41, 5.74) is 6.67. The molecule has 0 spiro atoms. The van der Waals surface area contributed by atoms with Gasteiger partial charge < -0.3 is 10.3 Å². The van der Waals surface area contributed by atoms with Gasteiger partial charge in [0.25, 0.3) is 0 Å². The van der Waals surface area contributed by atoms with Crippen LogP contribution in [0.4, 0.5) is 0 Å². The van der Waals surface area contributed by atoms with Crippen LogP contribution in [0.3, 0.4) is 0 Å². The Kier molecular flexibility index (Phi) is 3.99. The average molecular weight is 265 g/mol. The lowest BCUT2D eigenvalue weighted by atomic mass is 10.2. The third-order valence-corrected chi connectivity index (χ3v) is 2.88. The van der Waals surface area contributed by atoms with Crippen molar-refractivity contribution in [2.24, 2.45) is 11.7 Å². The van der Waals surface area contributed by atoms with E-state index in [1.54, 1.807) is 0 Å². The van der Waals surface area contributed by atoms with Gasteiger partial charge in [0.2, 0.25) is 0 Å². The second-order valence-corrected chi connectivity index (χ2v) is 5.10. The van der Waals surface area contributed by atoms with Gasteiger partial charge in [0.15, 0.2) is 5.82 Å². The molecule has 0 aliphatic carbocycles. The minimum Gasteiger partial charge on any atom is -0.324 e. The molecular weight excluding hydrogens is 248 g/mol. The molecule has 5 heteroatoms. The Hall–Kier alpha value is -1.39. The fraction of sp³-hybridized carbons (Fsp3) is 0.385. The third-order valence-electron chi connectivity index (χ3n) is 2.64. The lowest BCUT2D eigenvalue weighted by molar-refractivity contribution is 0.510. The maximum atomic E-state index is 6.01. The molecule has 1 heterocycles. The molecule has 1 aromatic carbocycles. The summed E-state index contributed by atoms with van der Waals surface area (Å²) in [4.78, 5) is 0. The molecule has 0 fully saturated rings. The highest BCUT2D eigenvalue weighted by molar-refractivity contribution is 6.30. The van der Waals surface area contributed by atoms with Gasteiger partial charge in [-0.05, 0) is 18.1 Å². The molecule has 2 N–H and O–H groups in total. The summed E-state index contributed by atoms with van der Waals surface area (Å²) in [5, 5.41) is 9.06. The van der Waals surface area contributed by atoms with E-state index >= 15 is 0 Å². The highest BCUT2D eigenvalue weighted by Crippen LogP contribution is 2.22. The fourth-order valence-electron chi connectivity index (χ4n) is 1.88. The number of nitrogens with zero attached hydrogens (tertiary/aromatic N) is 3.